The number of aromatic nitrogens is 1. The Kier molecular flexibility index (Phi) is 3.97. The van der Waals surface area contributed by atoms with Crippen molar-refractivity contribution >= 4 is 17.3 Å². The van der Waals surface area contributed by atoms with Crippen LogP contribution in [0.1, 0.15) is 45.8 Å². The second-order valence-corrected chi connectivity index (χ2v) is 7.77. The number of nitrogens with zero attached hydrogens (tertiary/aromatic N) is 1. The van der Waals surface area contributed by atoms with Crippen LogP contribution in [0.2, 0.25) is 0 Å². The van der Waals surface area contributed by atoms with Crippen molar-refractivity contribution in [2.75, 3.05) is 12.4 Å². The van der Waals surface area contributed by atoms with Gasteiger partial charge in [0.05, 0.1) is 13.2 Å². The number of hydrogen-bond acceptors (Lipinski definition) is 4. The summed E-state index contributed by atoms with van der Waals surface area (Å²) in [4.78, 5) is 17.1. The van der Waals surface area contributed by atoms with Gasteiger partial charge < -0.3 is 15.4 Å². The lowest BCUT2D eigenvalue weighted by Gasteiger charge is -2.28. The molecule has 28 heavy (non-hydrogen) atoms. The van der Waals surface area contributed by atoms with Crippen LogP contribution in [0.4, 0.5) is 5.82 Å². The molecule has 2 N–H and O–H groups in total. The number of rotatable bonds is 4. The number of nitrogens with one attached hydrogen (secondary N) is 2. The highest BCUT2D eigenvalue weighted by Crippen LogP contribution is 2.48. The molecule has 1 saturated carbocycles. The van der Waals surface area contributed by atoms with Gasteiger partial charge in [-0.1, -0.05) is 24.3 Å². The molecule has 1 fully saturated rings. The van der Waals surface area contributed by atoms with E-state index in [2.05, 4.69) is 40.8 Å². The quantitative estimate of drug-likeness (QED) is 0.856. The van der Waals surface area contributed by atoms with Crippen molar-refractivity contribution in [1.29, 1.82) is 0 Å². The topological polar surface area (TPSA) is 63.2 Å². The summed E-state index contributed by atoms with van der Waals surface area (Å²) < 4.78 is 5.63. The van der Waals surface area contributed by atoms with E-state index in [9.17, 15) is 4.79 Å². The molecule has 1 aliphatic heterocycles. The number of fused-ring (bicyclic) bond motifs is 3. The van der Waals surface area contributed by atoms with E-state index >= 15 is 0 Å². The van der Waals surface area contributed by atoms with E-state index in [1.54, 1.807) is 7.11 Å². The second kappa shape index (κ2) is 6.51. The molecule has 2 heterocycles. The molecular formula is C23H23N3O2. The third kappa shape index (κ3) is 2.87. The molecule has 2 unspecified atom stereocenters. The third-order valence-corrected chi connectivity index (χ3v) is 5.69. The van der Waals surface area contributed by atoms with Crippen LogP contribution in [0.25, 0.3) is 5.57 Å². The van der Waals surface area contributed by atoms with Crippen LogP contribution in [0.3, 0.4) is 0 Å². The highest BCUT2D eigenvalue weighted by atomic mass is 16.5. The Morgan fingerprint density at radius 1 is 1.25 bits per heavy atom. The first kappa shape index (κ1) is 17.0. The van der Waals surface area contributed by atoms with Crippen molar-refractivity contribution in [2.24, 2.45) is 0 Å². The van der Waals surface area contributed by atoms with Gasteiger partial charge in [-0.3, -0.25) is 4.79 Å². The zero-order valence-electron chi connectivity index (χ0n) is 16.0. The van der Waals surface area contributed by atoms with Crippen LogP contribution in [-0.4, -0.2) is 30.1 Å². The van der Waals surface area contributed by atoms with Gasteiger partial charge in [0, 0.05) is 29.3 Å². The van der Waals surface area contributed by atoms with Gasteiger partial charge in [-0.2, -0.15) is 0 Å². The predicted octanol–water partition coefficient (Wildman–Crippen LogP) is 3.79. The number of carbonyl (C=O) groups excluding carboxylic acids is 1. The monoisotopic (exact) mass is 373 g/mol. The lowest BCUT2D eigenvalue weighted by atomic mass is 9.80. The molecule has 3 aliphatic rings. The SMILES string of the molecule is COC1=CC=C(c2cccc(C(=O)NC3CC3)c2)C2c3cc(C)cnc3NC12. The molecule has 1 aromatic carbocycles. The molecular weight excluding hydrogens is 350 g/mol. The van der Waals surface area contributed by atoms with Crippen molar-refractivity contribution in [3.8, 4) is 0 Å². The normalized spacial score (nSPS) is 22.4. The van der Waals surface area contributed by atoms with Gasteiger partial charge in [-0.05, 0) is 54.7 Å². The molecule has 1 amide bonds. The number of allylic oxidation sites excluding steroid dienone is 2. The van der Waals surface area contributed by atoms with Gasteiger partial charge in [0.2, 0.25) is 0 Å². The van der Waals surface area contributed by atoms with Gasteiger partial charge in [0.1, 0.15) is 11.6 Å². The Morgan fingerprint density at radius 2 is 2.11 bits per heavy atom. The highest BCUT2D eigenvalue weighted by molar-refractivity contribution is 5.96. The van der Waals surface area contributed by atoms with Crippen LogP contribution in [0.15, 0.2) is 54.4 Å². The average Bonchev–Trinajstić information content (AvgIpc) is 3.45. The van der Waals surface area contributed by atoms with E-state index in [1.807, 2.05) is 30.5 Å². The number of benzene rings is 1. The Labute approximate surface area is 164 Å². The van der Waals surface area contributed by atoms with E-state index in [1.165, 1.54) is 11.1 Å². The fraction of sp³-hybridized carbons (Fsp3) is 0.304. The van der Waals surface area contributed by atoms with Gasteiger partial charge in [-0.25, -0.2) is 4.98 Å². The Hall–Kier alpha value is -3.08. The number of carbonyl (C=O) groups is 1. The van der Waals surface area contributed by atoms with E-state index in [-0.39, 0.29) is 17.9 Å². The third-order valence-electron chi connectivity index (χ3n) is 5.69. The van der Waals surface area contributed by atoms with E-state index in [4.69, 9.17) is 4.74 Å². The minimum absolute atomic E-state index is 0.00731. The molecule has 1 aromatic heterocycles. The largest absolute Gasteiger partial charge is 0.499 e. The summed E-state index contributed by atoms with van der Waals surface area (Å²) in [5.74, 6) is 1.91. The highest BCUT2D eigenvalue weighted by Gasteiger charge is 2.40. The van der Waals surface area contributed by atoms with Gasteiger partial charge >= 0.3 is 0 Å². The van der Waals surface area contributed by atoms with E-state index in [0.29, 0.717) is 11.6 Å². The average molecular weight is 373 g/mol. The zero-order chi connectivity index (χ0) is 19.3. The van der Waals surface area contributed by atoms with Crippen molar-refractivity contribution in [3.63, 3.8) is 0 Å². The smallest absolute Gasteiger partial charge is 0.251 e. The zero-order valence-corrected chi connectivity index (χ0v) is 16.0. The fourth-order valence-electron chi connectivity index (χ4n) is 4.13. The molecule has 2 aliphatic carbocycles. The lowest BCUT2D eigenvalue weighted by Crippen LogP contribution is -2.27. The van der Waals surface area contributed by atoms with E-state index in [0.717, 1.165) is 35.5 Å². The Morgan fingerprint density at radius 3 is 2.89 bits per heavy atom. The Bertz CT molecular complexity index is 1020. The molecule has 5 rings (SSSR count). The van der Waals surface area contributed by atoms with Crippen LogP contribution in [-0.2, 0) is 4.74 Å². The minimum Gasteiger partial charge on any atom is -0.499 e. The summed E-state index contributed by atoms with van der Waals surface area (Å²) in [5.41, 5.74) is 5.24. The maximum atomic E-state index is 12.5. The number of methoxy groups -OCH3 is 1. The standard InChI is InChI=1S/C23H23N3O2/c1-13-10-18-20-17(8-9-19(28-2)21(20)26-22(18)24-12-13)14-4-3-5-15(11-14)23(27)25-16-6-7-16/h3-5,8-12,16,20-21H,6-7H2,1-2H3,(H,24,26)(H,25,27). The second-order valence-electron chi connectivity index (χ2n) is 7.77. The van der Waals surface area contributed by atoms with Crippen molar-refractivity contribution in [3.05, 3.63) is 76.7 Å². The molecule has 0 spiro atoms. The summed E-state index contributed by atoms with van der Waals surface area (Å²) >= 11 is 0. The first-order chi connectivity index (χ1) is 13.6. The first-order valence-electron chi connectivity index (χ1n) is 9.74. The van der Waals surface area contributed by atoms with Crippen molar-refractivity contribution < 1.29 is 9.53 Å². The first-order valence-corrected chi connectivity index (χ1v) is 9.74. The maximum absolute atomic E-state index is 12.5. The molecule has 142 valence electrons. The number of hydrogen-bond donors (Lipinski definition) is 2. The number of pyridine rings is 1. The number of amides is 1. The van der Waals surface area contributed by atoms with Crippen LogP contribution in [0.5, 0.6) is 0 Å². The number of aryl methyl sites for hydroxylation is 1. The van der Waals surface area contributed by atoms with Crippen LogP contribution < -0.4 is 10.6 Å². The van der Waals surface area contributed by atoms with Crippen LogP contribution >= 0.6 is 0 Å². The van der Waals surface area contributed by atoms with Crippen LogP contribution in [0, 0.1) is 6.92 Å². The fourth-order valence-corrected chi connectivity index (χ4v) is 4.13. The van der Waals surface area contributed by atoms with Gasteiger partial charge in [-0.15, -0.1) is 0 Å². The molecule has 2 atom stereocenters. The maximum Gasteiger partial charge on any atom is 0.251 e. The van der Waals surface area contributed by atoms with Gasteiger partial charge in [0.25, 0.3) is 5.91 Å². The summed E-state index contributed by atoms with van der Waals surface area (Å²) in [6, 6.07) is 10.5. The van der Waals surface area contributed by atoms with Crippen molar-refractivity contribution in [1.82, 2.24) is 10.3 Å². The molecule has 0 bridgehead atoms. The van der Waals surface area contributed by atoms with Crippen molar-refractivity contribution in [2.45, 2.75) is 37.8 Å². The minimum atomic E-state index is 0.00731. The Balaban J connectivity index is 1.56. The molecule has 0 saturated heterocycles. The molecule has 2 aromatic rings. The van der Waals surface area contributed by atoms with Gasteiger partial charge in [0.15, 0.2) is 0 Å². The predicted molar refractivity (Wildman–Crippen MR) is 109 cm³/mol. The number of ether oxygens (including phenoxy) is 1. The molecule has 0 radical (unpaired) electrons. The molecule has 5 nitrogen and oxygen atoms in total. The summed E-state index contributed by atoms with van der Waals surface area (Å²) in [6.45, 7) is 2.06. The summed E-state index contributed by atoms with van der Waals surface area (Å²) in [5, 5.41) is 6.58. The number of anilines is 1. The lowest BCUT2D eigenvalue weighted by molar-refractivity contribution is 0.0951. The molecule has 5 heteroatoms. The summed E-state index contributed by atoms with van der Waals surface area (Å²) in [6.07, 6.45) is 8.17. The van der Waals surface area contributed by atoms with E-state index < -0.39 is 0 Å². The summed E-state index contributed by atoms with van der Waals surface area (Å²) in [7, 11) is 1.70.